The van der Waals surface area contributed by atoms with Crippen molar-refractivity contribution in [2.75, 3.05) is 0 Å². The van der Waals surface area contributed by atoms with Crippen LogP contribution in [0.3, 0.4) is 0 Å². The van der Waals surface area contributed by atoms with Crippen LogP contribution in [0.15, 0.2) is 28.9 Å². The average molecular weight is 321 g/mol. The number of thiazole rings is 1. The summed E-state index contributed by atoms with van der Waals surface area (Å²) in [4.78, 5) is 4.97. The molecule has 0 radical (unpaired) electrons. The van der Waals surface area contributed by atoms with Gasteiger partial charge < -0.3 is 0 Å². The van der Waals surface area contributed by atoms with Gasteiger partial charge >= 0.3 is 0 Å². The molecule has 0 atom stereocenters. The summed E-state index contributed by atoms with van der Waals surface area (Å²) in [6.07, 6.45) is 0. The first-order valence-electron chi connectivity index (χ1n) is 5.59. The fraction of sp³-hybridized carbons (Fsp3) is 0.286. The third-order valence-corrected chi connectivity index (χ3v) is 4.53. The molecule has 4 heteroatoms. The van der Waals surface area contributed by atoms with E-state index in [0.717, 1.165) is 10.6 Å². The lowest BCUT2D eigenvalue weighted by Crippen LogP contribution is -2.10. The number of nitrogens with zero attached hydrogens (tertiary/aromatic N) is 2. The third kappa shape index (κ3) is 2.63. The van der Waals surface area contributed by atoms with E-state index >= 15 is 0 Å². The van der Waals surface area contributed by atoms with E-state index in [1.807, 2.05) is 0 Å². The van der Waals surface area contributed by atoms with Gasteiger partial charge in [0.15, 0.2) is 0 Å². The highest BCUT2D eigenvalue weighted by atomic mass is 79.9. The maximum absolute atomic E-state index is 8.92. The lowest BCUT2D eigenvalue weighted by molar-refractivity contribution is 0.590. The zero-order valence-corrected chi connectivity index (χ0v) is 12.9. The molecule has 2 rings (SSSR count). The second-order valence-corrected chi connectivity index (χ2v) is 6.83. The first kappa shape index (κ1) is 13.3. The Bertz CT molecular complexity index is 600. The van der Waals surface area contributed by atoms with Crippen molar-refractivity contribution < 1.29 is 0 Å². The molecule has 0 bridgehead atoms. The number of nitriles is 1. The molecule has 1 aromatic heterocycles. The maximum atomic E-state index is 8.92. The van der Waals surface area contributed by atoms with Crippen LogP contribution in [0.4, 0.5) is 0 Å². The molecule has 0 saturated carbocycles. The predicted molar refractivity (Wildman–Crippen MR) is 78.7 cm³/mol. The van der Waals surface area contributed by atoms with Crippen molar-refractivity contribution in [3.8, 4) is 16.6 Å². The normalized spacial score (nSPS) is 11.3. The molecule has 18 heavy (non-hydrogen) atoms. The van der Waals surface area contributed by atoms with Crippen molar-refractivity contribution in [3.63, 3.8) is 0 Å². The Kier molecular flexibility index (Phi) is 3.56. The van der Waals surface area contributed by atoms with Crippen LogP contribution in [-0.4, -0.2) is 4.98 Å². The molecular formula is C14H13BrN2S. The molecule has 0 aliphatic rings. The van der Waals surface area contributed by atoms with Crippen LogP contribution in [0.1, 0.15) is 31.2 Å². The molecule has 2 nitrogen and oxygen atoms in total. The SMILES string of the molecule is CC(C)(C)c1ccc(-c2nc(Br)c(C#N)s2)cc1. The molecule has 1 aromatic carbocycles. The van der Waals surface area contributed by atoms with Gasteiger partial charge in [0.1, 0.15) is 20.6 Å². The molecular weight excluding hydrogens is 308 g/mol. The number of hydrogen-bond acceptors (Lipinski definition) is 3. The average Bonchev–Trinajstić information content (AvgIpc) is 2.69. The molecule has 0 aliphatic heterocycles. The molecule has 0 unspecified atom stereocenters. The summed E-state index contributed by atoms with van der Waals surface area (Å²) in [6.45, 7) is 6.57. The van der Waals surface area contributed by atoms with Crippen molar-refractivity contribution in [1.82, 2.24) is 4.98 Å². The predicted octanol–water partition coefficient (Wildman–Crippen LogP) is 4.74. The van der Waals surface area contributed by atoms with Crippen LogP contribution in [0.5, 0.6) is 0 Å². The first-order chi connectivity index (χ1) is 8.41. The van der Waals surface area contributed by atoms with Crippen molar-refractivity contribution in [2.45, 2.75) is 26.2 Å². The van der Waals surface area contributed by atoms with E-state index < -0.39 is 0 Å². The van der Waals surface area contributed by atoms with Crippen LogP contribution < -0.4 is 0 Å². The molecule has 2 aromatic rings. The summed E-state index contributed by atoms with van der Waals surface area (Å²) in [6, 6.07) is 10.5. The Hall–Kier alpha value is -1.18. The molecule has 92 valence electrons. The van der Waals surface area contributed by atoms with Gasteiger partial charge in [0.2, 0.25) is 0 Å². The van der Waals surface area contributed by atoms with E-state index in [4.69, 9.17) is 5.26 Å². The maximum Gasteiger partial charge on any atom is 0.139 e. The third-order valence-electron chi connectivity index (χ3n) is 2.69. The van der Waals surface area contributed by atoms with E-state index in [9.17, 15) is 0 Å². The lowest BCUT2D eigenvalue weighted by atomic mass is 9.87. The van der Waals surface area contributed by atoms with Gasteiger partial charge in [-0.1, -0.05) is 45.0 Å². The first-order valence-corrected chi connectivity index (χ1v) is 7.20. The van der Waals surface area contributed by atoms with Gasteiger partial charge in [-0.25, -0.2) is 4.98 Å². The van der Waals surface area contributed by atoms with Crippen LogP contribution in [0, 0.1) is 11.3 Å². The molecule has 0 aliphatic carbocycles. The molecule has 0 N–H and O–H groups in total. The molecule has 0 spiro atoms. The van der Waals surface area contributed by atoms with Gasteiger partial charge in [0, 0.05) is 5.56 Å². The van der Waals surface area contributed by atoms with Crippen molar-refractivity contribution in [2.24, 2.45) is 0 Å². The number of hydrogen-bond donors (Lipinski definition) is 0. The smallest absolute Gasteiger partial charge is 0.139 e. The fourth-order valence-corrected chi connectivity index (χ4v) is 2.99. The summed E-state index contributed by atoms with van der Waals surface area (Å²) in [5, 5.41) is 9.79. The van der Waals surface area contributed by atoms with Crippen molar-refractivity contribution in [3.05, 3.63) is 39.3 Å². The summed E-state index contributed by atoms with van der Waals surface area (Å²) >= 11 is 4.70. The molecule has 1 heterocycles. The van der Waals surface area contributed by atoms with Gasteiger partial charge in [-0.3, -0.25) is 0 Å². The fourth-order valence-electron chi connectivity index (χ4n) is 1.61. The standard InChI is InChI=1S/C14H13BrN2S/c1-14(2,3)10-6-4-9(5-7-10)13-17-12(15)11(8-16)18-13/h4-7H,1-3H3. The minimum atomic E-state index is 0.153. The number of halogens is 1. The van der Waals surface area contributed by atoms with Crippen LogP contribution in [-0.2, 0) is 5.41 Å². The Labute approximate surface area is 119 Å². The second kappa shape index (κ2) is 4.83. The van der Waals surface area contributed by atoms with E-state index in [1.165, 1.54) is 16.9 Å². The van der Waals surface area contributed by atoms with Gasteiger partial charge in [-0.2, -0.15) is 5.26 Å². The van der Waals surface area contributed by atoms with Crippen LogP contribution >= 0.6 is 27.3 Å². The Morgan fingerprint density at radius 3 is 2.28 bits per heavy atom. The van der Waals surface area contributed by atoms with Crippen LogP contribution in [0.2, 0.25) is 0 Å². The lowest BCUT2D eigenvalue weighted by Gasteiger charge is -2.18. The van der Waals surface area contributed by atoms with E-state index in [2.05, 4.69) is 72.0 Å². The van der Waals surface area contributed by atoms with Crippen molar-refractivity contribution in [1.29, 1.82) is 5.26 Å². The Morgan fingerprint density at radius 1 is 1.22 bits per heavy atom. The number of rotatable bonds is 1. The Morgan fingerprint density at radius 2 is 1.83 bits per heavy atom. The summed E-state index contributed by atoms with van der Waals surface area (Å²) in [5.41, 5.74) is 2.50. The van der Waals surface area contributed by atoms with Gasteiger partial charge in [-0.15, -0.1) is 11.3 Å². The van der Waals surface area contributed by atoms with E-state index in [1.54, 1.807) is 0 Å². The minimum absolute atomic E-state index is 0.153. The number of benzene rings is 1. The zero-order chi connectivity index (χ0) is 13.3. The summed E-state index contributed by atoms with van der Waals surface area (Å²) in [5.74, 6) is 0. The van der Waals surface area contributed by atoms with Gasteiger partial charge in [-0.05, 0) is 26.9 Å². The highest BCUT2D eigenvalue weighted by Gasteiger charge is 2.14. The quantitative estimate of drug-likeness (QED) is 0.760. The van der Waals surface area contributed by atoms with Crippen molar-refractivity contribution >= 4 is 27.3 Å². The second-order valence-electron chi connectivity index (χ2n) is 5.08. The van der Waals surface area contributed by atoms with E-state index in [0.29, 0.717) is 9.48 Å². The summed E-state index contributed by atoms with van der Waals surface area (Å²) < 4.78 is 0.630. The highest BCUT2D eigenvalue weighted by Crippen LogP contribution is 2.32. The summed E-state index contributed by atoms with van der Waals surface area (Å²) in [7, 11) is 0. The molecule has 0 saturated heterocycles. The Balaban J connectivity index is 2.38. The monoisotopic (exact) mass is 320 g/mol. The molecule has 0 amide bonds. The van der Waals surface area contributed by atoms with Gasteiger partial charge in [0.25, 0.3) is 0 Å². The van der Waals surface area contributed by atoms with Gasteiger partial charge in [0.05, 0.1) is 0 Å². The zero-order valence-electron chi connectivity index (χ0n) is 10.5. The minimum Gasteiger partial charge on any atom is -0.228 e. The topological polar surface area (TPSA) is 36.7 Å². The van der Waals surface area contributed by atoms with Crippen LogP contribution in [0.25, 0.3) is 10.6 Å². The molecule has 0 fully saturated rings. The van der Waals surface area contributed by atoms with E-state index in [-0.39, 0.29) is 5.41 Å². The highest BCUT2D eigenvalue weighted by molar-refractivity contribution is 9.10. The largest absolute Gasteiger partial charge is 0.228 e. The number of aromatic nitrogens is 1.